The molecule has 1 unspecified atom stereocenters. The second kappa shape index (κ2) is 4.67. The zero-order chi connectivity index (χ0) is 11.5. The lowest BCUT2D eigenvalue weighted by Crippen LogP contribution is -2.08. The number of hydrogen-bond acceptors (Lipinski definition) is 1. The summed E-state index contributed by atoms with van der Waals surface area (Å²) in [5.41, 5.74) is 3.76. The van der Waals surface area contributed by atoms with Crippen molar-refractivity contribution in [1.82, 2.24) is 0 Å². The molecule has 0 heterocycles. The van der Waals surface area contributed by atoms with Gasteiger partial charge in [0.1, 0.15) is 0 Å². The Bertz CT molecular complexity index is 474. The van der Waals surface area contributed by atoms with Crippen LogP contribution in [0.4, 0.5) is 5.69 Å². The van der Waals surface area contributed by atoms with Gasteiger partial charge < -0.3 is 4.90 Å². The Morgan fingerprint density at radius 2 is 1.50 bits per heavy atom. The second-order valence-electron chi connectivity index (χ2n) is 4.03. The lowest BCUT2D eigenvalue weighted by molar-refractivity contribution is 1.13. The average molecular weight is 229 g/mol. The molecule has 0 spiro atoms. The number of nitrogens with zero attached hydrogens (tertiary/aromatic N) is 1. The molecule has 0 N–H and O–H groups in total. The van der Waals surface area contributed by atoms with Crippen LogP contribution in [-0.2, 0) is 0 Å². The molecule has 16 heavy (non-hydrogen) atoms. The molecule has 2 aromatic rings. The molecule has 0 aliphatic heterocycles. The van der Waals surface area contributed by atoms with Gasteiger partial charge in [-0.25, -0.2) is 0 Å². The summed E-state index contributed by atoms with van der Waals surface area (Å²) in [7, 11) is 6.89. The highest BCUT2D eigenvalue weighted by Crippen LogP contribution is 2.21. The minimum atomic E-state index is 1.23. The highest BCUT2D eigenvalue weighted by atomic mass is 31.0. The van der Waals surface area contributed by atoms with Gasteiger partial charge in [-0.15, -0.1) is 9.24 Å². The van der Waals surface area contributed by atoms with Gasteiger partial charge in [0, 0.05) is 19.8 Å². The van der Waals surface area contributed by atoms with Gasteiger partial charge in [-0.2, -0.15) is 0 Å². The van der Waals surface area contributed by atoms with Gasteiger partial charge in [-0.05, 0) is 28.6 Å². The van der Waals surface area contributed by atoms with Crippen LogP contribution in [0.25, 0.3) is 11.1 Å². The van der Waals surface area contributed by atoms with E-state index in [0.717, 1.165) is 0 Å². The molecule has 2 heteroatoms. The van der Waals surface area contributed by atoms with E-state index in [0.29, 0.717) is 0 Å². The van der Waals surface area contributed by atoms with E-state index in [1.807, 2.05) is 0 Å². The number of benzene rings is 2. The summed E-state index contributed by atoms with van der Waals surface area (Å²) in [6.07, 6.45) is 0. The lowest BCUT2D eigenvalue weighted by Gasteiger charge is -2.13. The zero-order valence-electron chi connectivity index (χ0n) is 9.64. The molecule has 82 valence electrons. The van der Waals surface area contributed by atoms with Crippen LogP contribution >= 0.6 is 9.24 Å². The van der Waals surface area contributed by atoms with E-state index in [2.05, 4.69) is 76.8 Å². The fourth-order valence-electron chi connectivity index (χ4n) is 1.70. The predicted octanol–water partition coefficient (Wildman–Crippen LogP) is 2.92. The van der Waals surface area contributed by atoms with E-state index in [4.69, 9.17) is 0 Å². The highest BCUT2D eigenvalue weighted by molar-refractivity contribution is 7.28. The minimum Gasteiger partial charge on any atom is -0.378 e. The van der Waals surface area contributed by atoms with Gasteiger partial charge >= 0.3 is 0 Å². The van der Waals surface area contributed by atoms with Crippen LogP contribution in [0.15, 0.2) is 48.5 Å². The van der Waals surface area contributed by atoms with Crippen molar-refractivity contribution >= 4 is 20.2 Å². The number of hydrogen-bond donors (Lipinski definition) is 0. The van der Waals surface area contributed by atoms with E-state index in [9.17, 15) is 0 Å². The molecule has 2 rings (SSSR count). The molecule has 1 nitrogen and oxygen atoms in total. The van der Waals surface area contributed by atoms with Gasteiger partial charge in [0.15, 0.2) is 0 Å². The minimum absolute atomic E-state index is 1.23. The van der Waals surface area contributed by atoms with Gasteiger partial charge in [0.05, 0.1) is 0 Å². The molecule has 0 fully saturated rings. The summed E-state index contributed by atoms with van der Waals surface area (Å²) in [4.78, 5) is 2.11. The van der Waals surface area contributed by atoms with Gasteiger partial charge in [-0.1, -0.05) is 36.4 Å². The Hall–Kier alpha value is -1.33. The Morgan fingerprint density at radius 1 is 0.875 bits per heavy atom. The van der Waals surface area contributed by atoms with E-state index < -0.39 is 0 Å². The molecule has 0 aliphatic rings. The van der Waals surface area contributed by atoms with Gasteiger partial charge in [0.2, 0.25) is 0 Å². The summed E-state index contributed by atoms with van der Waals surface area (Å²) in [6.45, 7) is 0. The van der Waals surface area contributed by atoms with E-state index >= 15 is 0 Å². The SMILES string of the molecule is CN(C)c1ccc(-c2ccccc2P)cc1. The van der Waals surface area contributed by atoms with Crippen molar-refractivity contribution in [2.75, 3.05) is 19.0 Å². The first-order valence-electron chi connectivity index (χ1n) is 5.31. The predicted molar refractivity (Wildman–Crippen MR) is 75.5 cm³/mol. The summed E-state index contributed by atoms with van der Waals surface area (Å²) in [5, 5.41) is 1.24. The molecule has 0 saturated carbocycles. The highest BCUT2D eigenvalue weighted by Gasteiger charge is 2.01. The summed E-state index contributed by atoms with van der Waals surface area (Å²) in [5.74, 6) is 0. The Morgan fingerprint density at radius 3 is 2.06 bits per heavy atom. The topological polar surface area (TPSA) is 3.24 Å². The van der Waals surface area contributed by atoms with Crippen LogP contribution in [0.2, 0.25) is 0 Å². The van der Waals surface area contributed by atoms with Crippen LogP contribution in [0.5, 0.6) is 0 Å². The number of anilines is 1. The first-order valence-corrected chi connectivity index (χ1v) is 5.88. The van der Waals surface area contributed by atoms with Crippen LogP contribution in [0, 0.1) is 0 Å². The first-order chi connectivity index (χ1) is 7.68. The van der Waals surface area contributed by atoms with Crippen LogP contribution in [0.3, 0.4) is 0 Å². The molecule has 0 radical (unpaired) electrons. The molecule has 0 aliphatic carbocycles. The second-order valence-corrected chi connectivity index (χ2v) is 4.65. The third kappa shape index (κ3) is 2.25. The molecular weight excluding hydrogens is 213 g/mol. The third-order valence-electron chi connectivity index (χ3n) is 2.66. The largest absolute Gasteiger partial charge is 0.378 e. The third-order valence-corrected chi connectivity index (χ3v) is 3.16. The normalized spacial score (nSPS) is 10.2. The Kier molecular flexibility index (Phi) is 3.26. The maximum Gasteiger partial charge on any atom is 0.0361 e. The van der Waals surface area contributed by atoms with Crippen molar-refractivity contribution in [3.05, 3.63) is 48.5 Å². The zero-order valence-corrected chi connectivity index (χ0v) is 10.8. The van der Waals surface area contributed by atoms with Crippen molar-refractivity contribution < 1.29 is 0 Å². The molecule has 2 aromatic carbocycles. The van der Waals surface area contributed by atoms with Crippen molar-refractivity contribution in [1.29, 1.82) is 0 Å². The van der Waals surface area contributed by atoms with E-state index in [1.165, 1.54) is 22.1 Å². The molecule has 0 aromatic heterocycles. The summed E-state index contributed by atoms with van der Waals surface area (Å²) >= 11 is 0. The number of rotatable bonds is 2. The fraction of sp³-hybridized carbons (Fsp3) is 0.143. The molecule has 0 amide bonds. The van der Waals surface area contributed by atoms with Gasteiger partial charge in [-0.3, -0.25) is 0 Å². The average Bonchev–Trinajstić information content (AvgIpc) is 2.30. The van der Waals surface area contributed by atoms with Crippen molar-refractivity contribution in [2.45, 2.75) is 0 Å². The van der Waals surface area contributed by atoms with Crippen molar-refractivity contribution in [3.63, 3.8) is 0 Å². The summed E-state index contributed by atoms with van der Waals surface area (Å²) < 4.78 is 0. The fourth-order valence-corrected chi connectivity index (χ4v) is 2.07. The standard InChI is InChI=1S/C14H16NP/c1-15(2)12-9-7-11(8-10-12)13-5-3-4-6-14(13)16/h3-10H,16H2,1-2H3. The molecule has 1 atom stereocenters. The maximum absolute atomic E-state index is 2.78. The quantitative estimate of drug-likeness (QED) is 0.716. The van der Waals surface area contributed by atoms with Crippen LogP contribution in [-0.4, -0.2) is 14.1 Å². The monoisotopic (exact) mass is 229 g/mol. The smallest absolute Gasteiger partial charge is 0.0361 e. The van der Waals surface area contributed by atoms with Crippen molar-refractivity contribution in [2.24, 2.45) is 0 Å². The first kappa shape index (κ1) is 11.2. The maximum atomic E-state index is 2.78. The lowest BCUT2D eigenvalue weighted by atomic mass is 10.1. The Balaban J connectivity index is 2.39. The van der Waals surface area contributed by atoms with Crippen LogP contribution in [0.1, 0.15) is 0 Å². The van der Waals surface area contributed by atoms with Crippen LogP contribution < -0.4 is 10.2 Å². The molecule has 0 bridgehead atoms. The summed E-state index contributed by atoms with van der Waals surface area (Å²) in [6, 6.07) is 17.0. The molecular formula is C14H16NP. The molecule has 0 saturated heterocycles. The van der Waals surface area contributed by atoms with Crippen molar-refractivity contribution in [3.8, 4) is 11.1 Å². The Labute approximate surface area is 99.3 Å². The van der Waals surface area contributed by atoms with E-state index in [-0.39, 0.29) is 0 Å². The van der Waals surface area contributed by atoms with E-state index in [1.54, 1.807) is 0 Å². The van der Waals surface area contributed by atoms with Gasteiger partial charge in [0.25, 0.3) is 0 Å².